The van der Waals surface area contributed by atoms with Crippen LogP contribution in [0.3, 0.4) is 0 Å². The third kappa shape index (κ3) is 15.4. The van der Waals surface area contributed by atoms with E-state index in [0.717, 1.165) is 25.0 Å². The molecule has 0 aliphatic heterocycles. The quantitative estimate of drug-likeness (QED) is 0.268. The number of imidazole rings is 1. The Hall–Kier alpha value is -2.88. The van der Waals surface area contributed by atoms with Crippen molar-refractivity contribution in [3.8, 4) is 0 Å². The number of nitrogens with zero attached hydrogens (tertiary/aromatic N) is 4. The first-order valence-electron chi connectivity index (χ1n) is 12.6. The molecule has 0 bridgehead atoms. The van der Waals surface area contributed by atoms with E-state index in [4.69, 9.17) is 0 Å². The van der Waals surface area contributed by atoms with E-state index in [1.807, 2.05) is 42.9 Å². The Morgan fingerprint density at radius 3 is 1.71 bits per heavy atom. The highest BCUT2D eigenvalue weighted by molar-refractivity contribution is 5.39. The molecule has 214 valence electrons. The summed E-state index contributed by atoms with van der Waals surface area (Å²) in [6, 6.07) is 14.3. The summed E-state index contributed by atoms with van der Waals surface area (Å²) >= 11 is 0. The van der Waals surface area contributed by atoms with Crippen LogP contribution in [0, 0.1) is 16.2 Å². The number of hydrogen-bond acceptors (Lipinski definition) is 2. The average Bonchev–Trinajstić information content (AvgIpc) is 3.36. The van der Waals surface area contributed by atoms with Crippen molar-refractivity contribution in [2.75, 3.05) is 0 Å². The van der Waals surface area contributed by atoms with Crippen molar-refractivity contribution in [1.29, 1.82) is 0 Å². The zero-order valence-electron chi connectivity index (χ0n) is 23.4. The van der Waals surface area contributed by atoms with Gasteiger partial charge in [0.2, 0.25) is 0 Å². The molecule has 0 saturated heterocycles. The molecule has 0 aliphatic carbocycles. The Labute approximate surface area is 235 Å². The highest BCUT2D eigenvalue weighted by Gasteiger charge is 2.14. The van der Waals surface area contributed by atoms with Crippen LogP contribution in [-0.4, -0.2) is 18.9 Å². The van der Waals surface area contributed by atoms with E-state index in [9.17, 15) is 0 Å². The molecule has 0 N–H and O–H groups in total. The Balaban J connectivity index is 0. The van der Waals surface area contributed by atoms with Crippen molar-refractivity contribution in [1.82, 2.24) is 18.9 Å². The molecule has 0 saturated carbocycles. The van der Waals surface area contributed by atoms with Gasteiger partial charge >= 0.3 is 0 Å². The predicted octanol–water partition coefficient (Wildman–Crippen LogP) is 10.0. The third-order valence-electron chi connectivity index (χ3n) is 4.99. The van der Waals surface area contributed by atoms with Crippen LogP contribution in [0.5, 0.6) is 0 Å². The zero-order chi connectivity index (χ0) is 26.1. The Morgan fingerprint density at radius 1 is 0.632 bits per heavy atom. The van der Waals surface area contributed by atoms with Crippen LogP contribution in [0.15, 0.2) is 79.6 Å². The second-order valence-electron chi connectivity index (χ2n) is 12.9. The molecule has 38 heavy (non-hydrogen) atoms. The van der Waals surface area contributed by atoms with E-state index < -0.39 is 0 Å². The fourth-order valence-electron chi connectivity index (χ4n) is 3.80. The Kier molecular flexibility index (Phi) is 15.9. The van der Waals surface area contributed by atoms with Gasteiger partial charge in [0.05, 0.1) is 0 Å². The van der Waals surface area contributed by atoms with Crippen LogP contribution in [0.2, 0.25) is 0 Å². The second-order valence-corrected chi connectivity index (χ2v) is 12.9. The molecule has 4 nitrogen and oxygen atoms in total. The fraction of sp³-hybridized carbons (Fsp3) is 0.529. The molecule has 4 heteroatoms. The summed E-state index contributed by atoms with van der Waals surface area (Å²) in [5.41, 5.74) is 4.70. The lowest BCUT2D eigenvalue weighted by molar-refractivity contribution is 0.344. The smallest absolute Gasteiger partial charge is 0.136 e. The minimum Gasteiger partial charge on any atom is -0.354 e. The van der Waals surface area contributed by atoms with Crippen LogP contribution >= 0.6 is 0 Å². The van der Waals surface area contributed by atoms with Crippen molar-refractivity contribution in [2.45, 2.75) is 104 Å². The topological polar surface area (TPSA) is 35.1 Å². The van der Waals surface area contributed by atoms with E-state index >= 15 is 0 Å². The van der Waals surface area contributed by atoms with E-state index in [1.54, 1.807) is 0 Å². The van der Waals surface area contributed by atoms with Crippen molar-refractivity contribution < 1.29 is 0 Å². The summed E-state index contributed by atoms with van der Waals surface area (Å²) in [5.74, 6) is 0. The van der Waals surface area contributed by atoms with Crippen LogP contribution in [0.1, 0.15) is 95.9 Å². The summed E-state index contributed by atoms with van der Waals surface area (Å²) in [4.78, 5) is 8.43. The lowest BCUT2D eigenvalue weighted by atomic mass is 9.89. The van der Waals surface area contributed by atoms with Gasteiger partial charge in [-0.05, 0) is 65.0 Å². The highest BCUT2D eigenvalue weighted by atomic mass is 15.0. The Bertz CT molecular complexity index is 1100. The molecule has 4 aromatic rings. The predicted molar refractivity (Wildman–Crippen MR) is 170 cm³/mol. The number of aromatic nitrogens is 4. The molecule has 0 atom stereocenters. The highest BCUT2D eigenvalue weighted by Crippen LogP contribution is 2.21. The molecule has 0 aliphatic rings. The van der Waals surface area contributed by atoms with Gasteiger partial charge in [-0.1, -0.05) is 96.7 Å². The number of pyridine rings is 2. The van der Waals surface area contributed by atoms with Gasteiger partial charge in [-0.2, -0.15) is 0 Å². The van der Waals surface area contributed by atoms with Gasteiger partial charge in [-0.25, -0.2) is 4.98 Å². The van der Waals surface area contributed by atoms with Crippen LogP contribution in [0.4, 0.5) is 0 Å². The molecular weight excluding hydrogens is 464 g/mol. The SMILES string of the molecule is C.C.C.CC(C)(C)Cc1cccnc1.CC(C)(C)Cc1cnc2ccccn12.CC(C)(C)Cn1cccc1. The summed E-state index contributed by atoms with van der Waals surface area (Å²) in [6.07, 6.45) is 14.1. The summed E-state index contributed by atoms with van der Waals surface area (Å²) < 4.78 is 4.37. The molecule has 0 unspecified atom stereocenters. The van der Waals surface area contributed by atoms with E-state index in [0.29, 0.717) is 16.2 Å². The molecule has 4 rings (SSSR count). The summed E-state index contributed by atoms with van der Waals surface area (Å²) in [6.45, 7) is 21.3. The van der Waals surface area contributed by atoms with Crippen molar-refractivity contribution in [3.05, 3.63) is 90.9 Å². The molecule has 0 fully saturated rings. The van der Waals surface area contributed by atoms with Gasteiger partial charge in [0.15, 0.2) is 0 Å². The lowest BCUT2D eigenvalue weighted by Gasteiger charge is -2.18. The third-order valence-corrected chi connectivity index (χ3v) is 4.99. The van der Waals surface area contributed by atoms with Crippen molar-refractivity contribution >= 4 is 5.65 Å². The van der Waals surface area contributed by atoms with Crippen LogP contribution < -0.4 is 0 Å². The number of rotatable bonds is 3. The normalized spacial score (nSPS) is 11.0. The maximum Gasteiger partial charge on any atom is 0.136 e. The first-order valence-corrected chi connectivity index (χ1v) is 12.6. The zero-order valence-corrected chi connectivity index (χ0v) is 23.4. The molecule has 4 heterocycles. The lowest BCUT2D eigenvalue weighted by Crippen LogP contribution is -2.13. The molecular formula is C34H58N4. The van der Waals surface area contributed by atoms with Gasteiger partial charge in [0.25, 0.3) is 0 Å². The molecule has 0 radical (unpaired) electrons. The van der Waals surface area contributed by atoms with Gasteiger partial charge < -0.3 is 8.97 Å². The minimum absolute atomic E-state index is 0. The largest absolute Gasteiger partial charge is 0.354 e. The minimum atomic E-state index is 0. The molecule has 0 aromatic carbocycles. The first-order chi connectivity index (χ1) is 16.2. The molecule has 0 spiro atoms. The van der Waals surface area contributed by atoms with E-state index in [2.05, 4.69) is 118 Å². The van der Waals surface area contributed by atoms with Crippen LogP contribution in [0.25, 0.3) is 5.65 Å². The van der Waals surface area contributed by atoms with Crippen LogP contribution in [-0.2, 0) is 19.4 Å². The standard InChI is InChI=1S/C12H16N2.C10H15N.C9H15N.3CH4/c1-12(2,3)8-10-9-13-11-6-4-5-7-14(10)11;1-10(2,3)7-9-5-4-6-11-8-9;1-9(2,3)8-10-6-4-5-7-10;;;/h4-7,9H,8H2,1-3H3;4-6,8H,7H2,1-3H3;4-7H,8H2,1-3H3;3*1H4. The van der Waals surface area contributed by atoms with Crippen molar-refractivity contribution in [3.63, 3.8) is 0 Å². The van der Waals surface area contributed by atoms with Gasteiger partial charge in [-0.3, -0.25) is 4.98 Å². The number of fused-ring (bicyclic) bond motifs is 1. The Morgan fingerprint density at radius 2 is 1.21 bits per heavy atom. The van der Waals surface area contributed by atoms with Gasteiger partial charge in [0.1, 0.15) is 5.65 Å². The van der Waals surface area contributed by atoms with Gasteiger partial charge in [-0.15, -0.1) is 0 Å². The average molecular weight is 523 g/mol. The summed E-state index contributed by atoms with van der Waals surface area (Å²) in [5, 5.41) is 0. The fourth-order valence-corrected chi connectivity index (χ4v) is 3.80. The number of hydrogen-bond donors (Lipinski definition) is 0. The molecule has 4 aromatic heterocycles. The van der Waals surface area contributed by atoms with E-state index in [1.165, 1.54) is 11.3 Å². The summed E-state index contributed by atoms with van der Waals surface area (Å²) in [7, 11) is 0. The maximum atomic E-state index is 4.37. The molecule has 0 amide bonds. The maximum absolute atomic E-state index is 4.37. The monoisotopic (exact) mass is 522 g/mol. The second kappa shape index (κ2) is 16.2. The van der Waals surface area contributed by atoms with Crippen molar-refractivity contribution in [2.24, 2.45) is 16.2 Å². The van der Waals surface area contributed by atoms with Gasteiger partial charge in [0, 0.05) is 49.4 Å². The van der Waals surface area contributed by atoms with E-state index in [-0.39, 0.29) is 22.3 Å². The first kappa shape index (κ1) is 37.3.